The van der Waals surface area contributed by atoms with Crippen LogP contribution in [-0.4, -0.2) is 22.2 Å². The maximum atomic E-state index is 9.72. The van der Waals surface area contributed by atoms with Crippen LogP contribution in [0.3, 0.4) is 0 Å². The van der Waals surface area contributed by atoms with Gasteiger partial charge in [0.1, 0.15) is 11.9 Å². The Morgan fingerprint density at radius 1 is 1.63 bits per heavy atom. The van der Waals surface area contributed by atoms with Crippen LogP contribution in [0.1, 0.15) is 38.3 Å². The Hall–Kier alpha value is -1.80. The molecule has 0 aliphatic heterocycles. The largest absolute Gasteiger partial charge is 0.396 e. The van der Waals surface area contributed by atoms with Crippen molar-refractivity contribution >= 4 is 11.5 Å². The Labute approximate surface area is 113 Å². The highest BCUT2D eigenvalue weighted by Crippen LogP contribution is 2.34. The third-order valence-corrected chi connectivity index (χ3v) is 3.82. The molecule has 102 valence electrons. The molecule has 1 aliphatic carbocycles. The van der Waals surface area contributed by atoms with Crippen molar-refractivity contribution in [2.24, 2.45) is 5.92 Å². The fourth-order valence-electron chi connectivity index (χ4n) is 2.86. The van der Waals surface area contributed by atoms with Crippen molar-refractivity contribution in [2.45, 2.75) is 38.1 Å². The summed E-state index contributed by atoms with van der Waals surface area (Å²) < 4.78 is 0. The second-order valence-corrected chi connectivity index (χ2v) is 5.51. The summed E-state index contributed by atoms with van der Waals surface area (Å²) in [5, 5.41) is 22.0. The van der Waals surface area contributed by atoms with Crippen LogP contribution in [0.25, 0.3) is 0 Å². The fraction of sp³-hybridized carbons (Fsp3) is 0.571. The fourth-order valence-corrected chi connectivity index (χ4v) is 2.86. The first-order valence-electron chi connectivity index (χ1n) is 6.64. The molecule has 1 aliphatic rings. The van der Waals surface area contributed by atoms with E-state index in [1.165, 1.54) is 6.42 Å². The van der Waals surface area contributed by atoms with Crippen molar-refractivity contribution in [3.63, 3.8) is 0 Å². The molecule has 5 heteroatoms. The Bertz CT molecular complexity index is 497. The van der Waals surface area contributed by atoms with Gasteiger partial charge in [-0.05, 0) is 30.9 Å². The van der Waals surface area contributed by atoms with E-state index in [1.807, 2.05) is 6.07 Å². The molecular weight excluding hydrogens is 240 g/mol. The molecule has 1 heterocycles. The number of aliphatic hydroxyl groups is 1. The van der Waals surface area contributed by atoms with Gasteiger partial charge in [0.05, 0.1) is 17.8 Å². The molecule has 4 N–H and O–H groups in total. The molecule has 0 bridgehead atoms. The predicted molar refractivity (Wildman–Crippen MR) is 74.4 cm³/mol. The normalized spacial score (nSPS) is 26.7. The van der Waals surface area contributed by atoms with Crippen molar-refractivity contribution < 1.29 is 5.11 Å². The molecule has 2 atom stereocenters. The number of pyridine rings is 1. The lowest BCUT2D eigenvalue weighted by Crippen LogP contribution is -2.46. The van der Waals surface area contributed by atoms with E-state index >= 15 is 0 Å². The molecule has 0 amide bonds. The summed E-state index contributed by atoms with van der Waals surface area (Å²) in [6, 6.07) is 5.40. The molecule has 1 fully saturated rings. The van der Waals surface area contributed by atoms with Crippen LogP contribution >= 0.6 is 0 Å². The van der Waals surface area contributed by atoms with Gasteiger partial charge in [-0.15, -0.1) is 0 Å². The molecule has 1 aromatic heterocycles. The molecule has 0 saturated heterocycles. The summed E-state index contributed by atoms with van der Waals surface area (Å²) in [5.41, 5.74) is 5.93. The van der Waals surface area contributed by atoms with Crippen LogP contribution in [0.5, 0.6) is 0 Å². The Balaban J connectivity index is 2.21. The van der Waals surface area contributed by atoms with E-state index in [-0.39, 0.29) is 17.8 Å². The minimum atomic E-state index is -0.326. The van der Waals surface area contributed by atoms with E-state index in [9.17, 15) is 5.11 Å². The molecule has 0 spiro atoms. The van der Waals surface area contributed by atoms with Gasteiger partial charge in [0.2, 0.25) is 0 Å². The number of nitrogen functional groups attached to an aromatic ring is 1. The molecule has 0 aromatic carbocycles. The van der Waals surface area contributed by atoms with E-state index in [4.69, 9.17) is 11.0 Å². The van der Waals surface area contributed by atoms with Gasteiger partial charge < -0.3 is 16.2 Å². The lowest BCUT2D eigenvalue weighted by Gasteiger charge is -2.39. The number of anilines is 2. The van der Waals surface area contributed by atoms with Crippen LogP contribution in [0.15, 0.2) is 12.1 Å². The van der Waals surface area contributed by atoms with Crippen LogP contribution in [0, 0.1) is 17.2 Å². The average molecular weight is 260 g/mol. The number of aliphatic hydroxyl groups excluding tert-OH is 1. The van der Waals surface area contributed by atoms with Gasteiger partial charge in [0.25, 0.3) is 0 Å². The summed E-state index contributed by atoms with van der Waals surface area (Å²) in [5.74, 6) is 1.19. The average Bonchev–Trinajstić information content (AvgIpc) is 2.41. The number of rotatable bonds is 3. The smallest absolute Gasteiger partial charge is 0.165 e. The van der Waals surface area contributed by atoms with Crippen LogP contribution in [0.4, 0.5) is 11.5 Å². The lowest BCUT2D eigenvalue weighted by atomic mass is 9.77. The highest BCUT2D eigenvalue weighted by atomic mass is 16.3. The maximum Gasteiger partial charge on any atom is 0.165 e. The molecular formula is C14H20N4O. The van der Waals surface area contributed by atoms with Gasteiger partial charge in [-0.3, -0.25) is 0 Å². The molecule has 2 rings (SSSR count). The standard InChI is InChI=1S/C14H20N4O/c1-10-3-2-6-14(7-10,9-19)18-13-5-4-11(16)12(8-15)17-13/h4-5,10,19H,2-3,6-7,9,16H2,1H3,(H,17,18). The molecule has 0 radical (unpaired) electrons. The zero-order valence-electron chi connectivity index (χ0n) is 11.2. The lowest BCUT2D eigenvalue weighted by molar-refractivity contribution is 0.149. The second kappa shape index (κ2) is 5.45. The van der Waals surface area contributed by atoms with E-state index in [0.29, 0.717) is 17.4 Å². The zero-order valence-corrected chi connectivity index (χ0v) is 11.2. The summed E-state index contributed by atoms with van der Waals surface area (Å²) in [4.78, 5) is 4.19. The molecule has 5 nitrogen and oxygen atoms in total. The third kappa shape index (κ3) is 2.96. The number of aromatic nitrogens is 1. The second-order valence-electron chi connectivity index (χ2n) is 5.51. The van der Waals surface area contributed by atoms with Gasteiger partial charge in [0.15, 0.2) is 5.69 Å². The summed E-state index contributed by atoms with van der Waals surface area (Å²) in [6.07, 6.45) is 4.12. The van der Waals surface area contributed by atoms with Crippen molar-refractivity contribution in [3.05, 3.63) is 17.8 Å². The minimum absolute atomic E-state index is 0.0747. The van der Waals surface area contributed by atoms with E-state index in [1.54, 1.807) is 12.1 Å². The van der Waals surface area contributed by atoms with Gasteiger partial charge >= 0.3 is 0 Å². The Kier molecular flexibility index (Phi) is 3.91. The van der Waals surface area contributed by atoms with Gasteiger partial charge in [0, 0.05) is 0 Å². The van der Waals surface area contributed by atoms with Gasteiger partial charge in [-0.25, -0.2) is 4.98 Å². The first-order valence-corrected chi connectivity index (χ1v) is 6.64. The number of nitrogens with one attached hydrogen (secondary N) is 1. The number of nitriles is 1. The summed E-state index contributed by atoms with van der Waals surface area (Å²) in [7, 11) is 0. The number of nitrogens with two attached hydrogens (primary N) is 1. The first kappa shape index (κ1) is 13.6. The molecule has 1 aromatic rings. The number of hydrogen-bond donors (Lipinski definition) is 3. The molecule has 1 saturated carbocycles. The monoisotopic (exact) mass is 260 g/mol. The van der Waals surface area contributed by atoms with Crippen molar-refractivity contribution in [1.29, 1.82) is 5.26 Å². The quantitative estimate of drug-likeness (QED) is 0.771. The van der Waals surface area contributed by atoms with Crippen LogP contribution in [0.2, 0.25) is 0 Å². The van der Waals surface area contributed by atoms with E-state index in [0.717, 1.165) is 19.3 Å². The summed E-state index contributed by atoms with van der Waals surface area (Å²) in [6.45, 7) is 2.27. The van der Waals surface area contributed by atoms with E-state index in [2.05, 4.69) is 17.2 Å². The van der Waals surface area contributed by atoms with Crippen molar-refractivity contribution in [3.8, 4) is 6.07 Å². The number of hydrogen-bond acceptors (Lipinski definition) is 5. The Morgan fingerprint density at radius 2 is 2.42 bits per heavy atom. The molecule has 2 unspecified atom stereocenters. The molecule has 19 heavy (non-hydrogen) atoms. The van der Waals surface area contributed by atoms with Crippen molar-refractivity contribution in [2.75, 3.05) is 17.7 Å². The Morgan fingerprint density at radius 3 is 3.05 bits per heavy atom. The minimum Gasteiger partial charge on any atom is -0.396 e. The SMILES string of the molecule is CC1CCCC(CO)(Nc2ccc(N)c(C#N)n2)C1. The van der Waals surface area contributed by atoms with Gasteiger partial charge in [-0.2, -0.15) is 5.26 Å². The van der Waals surface area contributed by atoms with Gasteiger partial charge in [-0.1, -0.05) is 19.8 Å². The highest BCUT2D eigenvalue weighted by molar-refractivity contribution is 5.55. The summed E-state index contributed by atoms with van der Waals surface area (Å²) >= 11 is 0. The topological polar surface area (TPSA) is 95.0 Å². The third-order valence-electron chi connectivity index (χ3n) is 3.82. The van der Waals surface area contributed by atoms with Crippen LogP contribution < -0.4 is 11.1 Å². The zero-order chi connectivity index (χ0) is 13.9. The first-order chi connectivity index (χ1) is 9.08. The van der Waals surface area contributed by atoms with E-state index < -0.39 is 0 Å². The highest BCUT2D eigenvalue weighted by Gasteiger charge is 2.34. The van der Waals surface area contributed by atoms with Crippen LogP contribution in [-0.2, 0) is 0 Å². The van der Waals surface area contributed by atoms with Crippen molar-refractivity contribution in [1.82, 2.24) is 4.98 Å². The maximum absolute atomic E-state index is 9.72. The predicted octanol–water partition coefficient (Wildman–Crippen LogP) is 1.89. The number of nitrogens with zero attached hydrogens (tertiary/aromatic N) is 2.